The van der Waals surface area contributed by atoms with E-state index >= 15 is 0 Å². The van der Waals surface area contributed by atoms with Gasteiger partial charge in [0.2, 0.25) is 0 Å². The summed E-state index contributed by atoms with van der Waals surface area (Å²) in [6, 6.07) is 10.3. The van der Waals surface area contributed by atoms with E-state index < -0.39 is 0 Å². The second-order valence-electron chi connectivity index (χ2n) is 6.29. The molecule has 0 radical (unpaired) electrons. The number of cyclic esters (lactones) is 1. The maximum Gasteiger partial charge on any atom is 0.306 e. The SMILES string of the molecule is O=C1CCCCC[C@H]([C@@H]2C[C@H]2COCc2ccccc2)O1. The van der Waals surface area contributed by atoms with Gasteiger partial charge in [-0.3, -0.25) is 4.79 Å². The lowest BCUT2D eigenvalue weighted by Gasteiger charge is -2.20. The van der Waals surface area contributed by atoms with E-state index in [-0.39, 0.29) is 12.1 Å². The molecule has 0 amide bonds. The average molecular weight is 288 g/mol. The van der Waals surface area contributed by atoms with Gasteiger partial charge in [0.15, 0.2) is 0 Å². The number of benzene rings is 1. The number of hydrogen-bond acceptors (Lipinski definition) is 3. The molecule has 0 aromatic heterocycles. The molecule has 21 heavy (non-hydrogen) atoms. The van der Waals surface area contributed by atoms with Crippen LogP contribution in [0.2, 0.25) is 0 Å². The monoisotopic (exact) mass is 288 g/mol. The van der Waals surface area contributed by atoms with Crippen LogP contribution in [-0.4, -0.2) is 18.7 Å². The van der Waals surface area contributed by atoms with Gasteiger partial charge in [0.25, 0.3) is 0 Å². The number of ether oxygens (including phenoxy) is 2. The molecule has 1 heterocycles. The molecule has 1 saturated carbocycles. The van der Waals surface area contributed by atoms with Gasteiger partial charge in [0.05, 0.1) is 13.2 Å². The van der Waals surface area contributed by atoms with Crippen molar-refractivity contribution in [3.05, 3.63) is 35.9 Å². The molecule has 2 aliphatic rings. The van der Waals surface area contributed by atoms with Gasteiger partial charge in [-0.1, -0.05) is 36.8 Å². The molecule has 3 atom stereocenters. The summed E-state index contributed by atoms with van der Waals surface area (Å²) in [7, 11) is 0. The summed E-state index contributed by atoms with van der Waals surface area (Å²) in [6.07, 6.45) is 6.25. The zero-order valence-corrected chi connectivity index (χ0v) is 12.5. The van der Waals surface area contributed by atoms with Crippen molar-refractivity contribution in [3.8, 4) is 0 Å². The first-order chi connectivity index (χ1) is 10.3. The fourth-order valence-corrected chi connectivity index (χ4v) is 3.20. The maximum atomic E-state index is 11.6. The Labute approximate surface area is 126 Å². The highest BCUT2D eigenvalue weighted by Crippen LogP contribution is 2.44. The molecule has 0 N–H and O–H groups in total. The van der Waals surface area contributed by atoms with Crippen LogP contribution in [0.1, 0.15) is 44.1 Å². The van der Waals surface area contributed by atoms with E-state index in [9.17, 15) is 4.79 Å². The van der Waals surface area contributed by atoms with Gasteiger partial charge in [-0.25, -0.2) is 0 Å². The smallest absolute Gasteiger partial charge is 0.306 e. The fraction of sp³-hybridized carbons (Fsp3) is 0.611. The molecule has 3 heteroatoms. The summed E-state index contributed by atoms with van der Waals surface area (Å²) in [5.74, 6) is 1.10. The van der Waals surface area contributed by atoms with E-state index in [4.69, 9.17) is 9.47 Å². The summed E-state index contributed by atoms with van der Waals surface area (Å²) < 4.78 is 11.4. The molecule has 0 bridgehead atoms. The lowest BCUT2D eigenvalue weighted by Crippen LogP contribution is -2.23. The molecule has 3 rings (SSSR count). The average Bonchev–Trinajstić information content (AvgIpc) is 3.23. The Morgan fingerprint density at radius 2 is 2.00 bits per heavy atom. The number of carbonyl (C=O) groups is 1. The van der Waals surface area contributed by atoms with Crippen LogP contribution < -0.4 is 0 Å². The van der Waals surface area contributed by atoms with Crippen molar-refractivity contribution in [2.45, 2.75) is 51.2 Å². The third kappa shape index (κ3) is 4.31. The molecule has 1 aliphatic carbocycles. The van der Waals surface area contributed by atoms with Gasteiger partial charge in [-0.05, 0) is 37.2 Å². The minimum Gasteiger partial charge on any atom is -0.462 e. The van der Waals surface area contributed by atoms with Gasteiger partial charge in [0.1, 0.15) is 6.10 Å². The van der Waals surface area contributed by atoms with Crippen LogP contribution in [0.25, 0.3) is 0 Å². The normalized spacial score (nSPS) is 29.3. The van der Waals surface area contributed by atoms with E-state index in [0.717, 1.165) is 32.3 Å². The summed E-state index contributed by atoms with van der Waals surface area (Å²) in [4.78, 5) is 11.6. The third-order valence-electron chi connectivity index (χ3n) is 4.55. The van der Waals surface area contributed by atoms with Crippen molar-refractivity contribution in [2.24, 2.45) is 11.8 Å². The zero-order valence-electron chi connectivity index (χ0n) is 12.5. The Kier molecular flexibility index (Phi) is 4.91. The molecule has 0 unspecified atom stereocenters. The van der Waals surface area contributed by atoms with Gasteiger partial charge in [0, 0.05) is 12.3 Å². The van der Waals surface area contributed by atoms with Crippen molar-refractivity contribution in [1.82, 2.24) is 0 Å². The predicted octanol–water partition coefficient (Wildman–Crippen LogP) is 3.72. The summed E-state index contributed by atoms with van der Waals surface area (Å²) >= 11 is 0. The van der Waals surface area contributed by atoms with Gasteiger partial charge >= 0.3 is 5.97 Å². The molecule has 3 nitrogen and oxygen atoms in total. The highest BCUT2D eigenvalue weighted by atomic mass is 16.5. The van der Waals surface area contributed by atoms with Gasteiger partial charge < -0.3 is 9.47 Å². The van der Waals surface area contributed by atoms with E-state index in [1.165, 1.54) is 12.0 Å². The molecule has 114 valence electrons. The number of rotatable bonds is 5. The van der Waals surface area contributed by atoms with Crippen molar-refractivity contribution in [1.29, 1.82) is 0 Å². The summed E-state index contributed by atoms with van der Waals surface area (Å²) in [5.41, 5.74) is 1.21. The Bertz CT molecular complexity index is 457. The standard InChI is InChI=1S/C18H24O3/c19-18-10-6-2-5-9-17(21-18)16-11-15(16)13-20-12-14-7-3-1-4-8-14/h1,3-4,7-8,15-17H,2,5-6,9-13H2/t15-,16+,17+/m0/s1. The van der Waals surface area contributed by atoms with Crippen LogP contribution >= 0.6 is 0 Å². The van der Waals surface area contributed by atoms with Gasteiger partial charge in [-0.2, -0.15) is 0 Å². The number of esters is 1. The first-order valence-corrected chi connectivity index (χ1v) is 8.14. The van der Waals surface area contributed by atoms with Crippen LogP contribution in [0.4, 0.5) is 0 Å². The number of hydrogen-bond donors (Lipinski definition) is 0. The summed E-state index contributed by atoms with van der Waals surface area (Å²) in [5, 5.41) is 0. The largest absolute Gasteiger partial charge is 0.462 e. The zero-order chi connectivity index (χ0) is 14.5. The second-order valence-corrected chi connectivity index (χ2v) is 6.29. The molecule has 1 aromatic rings. The Morgan fingerprint density at radius 3 is 2.86 bits per heavy atom. The first kappa shape index (κ1) is 14.6. The Hall–Kier alpha value is -1.35. The van der Waals surface area contributed by atoms with Gasteiger partial charge in [-0.15, -0.1) is 0 Å². The molecule has 1 aliphatic heterocycles. The Morgan fingerprint density at radius 1 is 1.14 bits per heavy atom. The van der Waals surface area contributed by atoms with E-state index in [1.54, 1.807) is 0 Å². The van der Waals surface area contributed by atoms with E-state index in [1.807, 2.05) is 18.2 Å². The minimum atomic E-state index is -0.00412. The van der Waals surface area contributed by atoms with Crippen molar-refractivity contribution < 1.29 is 14.3 Å². The third-order valence-corrected chi connectivity index (χ3v) is 4.55. The Balaban J connectivity index is 1.40. The quantitative estimate of drug-likeness (QED) is 0.775. The van der Waals surface area contributed by atoms with Crippen LogP contribution in [0.3, 0.4) is 0 Å². The van der Waals surface area contributed by atoms with Crippen LogP contribution in [0, 0.1) is 11.8 Å². The highest BCUT2D eigenvalue weighted by Gasteiger charge is 2.44. The molecule has 1 saturated heterocycles. The molecular formula is C18H24O3. The second kappa shape index (κ2) is 7.08. The van der Waals surface area contributed by atoms with Crippen molar-refractivity contribution in [2.75, 3.05) is 6.61 Å². The molecular weight excluding hydrogens is 264 g/mol. The lowest BCUT2D eigenvalue weighted by molar-refractivity contribution is -0.152. The highest BCUT2D eigenvalue weighted by molar-refractivity contribution is 5.69. The topological polar surface area (TPSA) is 35.5 Å². The number of carbonyl (C=O) groups excluding carboxylic acids is 1. The fourth-order valence-electron chi connectivity index (χ4n) is 3.20. The predicted molar refractivity (Wildman–Crippen MR) is 80.7 cm³/mol. The molecule has 2 fully saturated rings. The van der Waals surface area contributed by atoms with Crippen LogP contribution in [0.15, 0.2) is 30.3 Å². The molecule has 1 aromatic carbocycles. The minimum absolute atomic E-state index is 0.00412. The van der Waals surface area contributed by atoms with E-state index in [0.29, 0.717) is 24.9 Å². The van der Waals surface area contributed by atoms with Crippen LogP contribution in [0.5, 0.6) is 0 Å². The lowest BCUT2D eigenvalue weighted by atomic mass is 10.0. The maximum absolute atomic E-state index is 11.6. The summed E-state index contributed by atoms with van der Waals surface area (Å²) in [6.45, 7) is 1.46. The van der Waals surface area contributed by atoms with E-state index in [2.05, 4.69) is 12.1 Å². The first-order valence-electron chi connectivity index (χ1n) is 8.14. The van der Waals surface area contributed by atoms with Crippen molar-refractivity contribution in [3.63, 3.8) is 0 Å². The molecule has 0 spiro atoms. The van der Waals surface area contributed by atoms with Crippen molar-refractivity contribution >= 4 is 5.97 Å². The van der Waals surface area contributed by atoms with Crippen LogP contribution in [-0.2, 0) is 20.9 Å².